The van der Waals surface area contributed by atoms with Crippen molar-refractivity contribution in [1.82, 2.24) is 15.1 Å². The van der Waals surface area contributed by atoms with E-state index in [0.717, 1.165) is 0 Å². The van der Waals surface area contributed by atoms with E-state index in [1.165, 1.54) is 9.80 Å². The normalized spacial score (nSPS) is 16.2. The van der Waals surface area contributed by atoms with Crippen molar-refractivity contribution >= 4 is 35.4 Å². The van der Waals surface area contributed by atoms with Gasteiger partial charge in [0.25, 0.3) is 5.91 Å². The number of hydrogen-bond donors (Lipinski definition) is 2. The van der Waals surface area contributed by atoms with Crippen molar-refractivity contribution in [2.45, 2.75) is 51.8 Å². The molecule has 1 aromatic carbocycles. The summed E-state index contributed by atoms with van der Waals surface area (Å²) >= 11 is 0. The Balaban J connectivity index is 1.48. The lowest BCUT2D eigenvalue weighted by atomic mass is 10.0. The Morgan fingerprint density at radius 3 is 2.43 bits per heavy atom. The van der Waals surface area contributed by atoms with Crippen LogP contribution >= 0.6 is 0 Å². The first kappa shape index (κ1) is 34.3. The van der Waals surface area contributed by atoms with Gasteiger partial charge in [-0.05, 0) is 56.5 Å². The van der Waals surface area contributed by atoms with Gasteiger partial charge in [0.15, 0.2) is 0 Å². The number of anilines is 1. The summed E-state index contributed by atoms with van der Waals surface area (Å²) in [4.78, 5) is 67.8. The van der Waals surface area contributed by atoms with Crippen molar-refractivity contribution in [3.63, 3.8) is 0 Å². The number of imide groups is 1. The number of nitrogens with one attached hydrogen (secondary N) is 2. The molecule has 2 aliphatic heterocycles. The SMILES string of the molecule is CC(C)(C)OC(=O)N(CCOCCOCCOCCN=[N+]=[N-])CC(=O)Nc1ccc2c(c1)CN(C1CCC(=O)NC1=O)C2=O. The third kappa shape index (κ3) is 10.8. The molecule has 44 heavy (non-hydrogen) atoms. The van der Waals surface area contributed by atoms with Crippen molar-refractivity contribution in [3.8, 4) is 0 Å². The second kappa shape index (κ2) is 16.6. The Hall–Kier alpha value is -4.24. The molecule has 1 saturated heterocycles. The Labute approximate surface area is 254 Å². The van der Waals surface area contributed by atoms with E-state index in [4.69, 9.17) is 24.5 Å². The summed E-state index contributed by atoms with van der Waals surface area (Å²) in [5.41, 5.74) is 8.91. The fraction of sp³-hybridized carbons (Fsp3) is 0.607. The lowest BCUT2D eigenvalue weighted by molar-refractivity contribution is -0.137. The summed E-state index contributed by atoms with van der Waals surface area (Å²) in [6, 6.07) is 4.08. The average Bonchev–Trinajstić information content (AvgIpc) is 3.27. The van der Waals surface area contributed by atoms with E-state index in [-0.39, 0.29) is 64.0 Å². The number of rotatable bonds is 16. The Morgan fingerprint density at radius 1 is 1.09 bits per heavy atom. The van der Waals surface area contributed by atoms with Crippen molar-refractivity contribution in [3.05, 3.63) is 39.8 Å². The molecule has 1 aromatic rings. The van der Waals surface area contributed by atoms with Gasteiger partial charge in [-0.1, -0.05) is 5.11 Å². The fourth-order valence-corrected chi connectivity index (χ4v) is 4.45. The molecular formula is C28H39N7O9. The molecule has 2 N–H and O–H groups in total. The highest BCUT2D eigenvalue weighted by Crippen LogP contribution is 2.29. The van der Waals surface area contributed by atoms with E-state index in [0.29, 0.717) is 43.2 Å². The van der Waals surface area contributed by atoms with Crippen LogP contribution in [0.15, 0.2) is 23.3 Å². The number of nitrogens with zero attached hydrogens (tertiary/aromatic N) is 5. The van der Waals surface area contributed by atoms with Gasteiger partial charge in [-0.2, -0.15) is 0 Å². The van der Waals surface area contributed by atoms with Crippen molar-refractivity contribution in [2.24, 2.45) is 5.11 Å². The first-order valence-corrected chi connectivity index (χ1v) is 14.3. The van der Waals surface area contributed by atoms with E-state index in [2.05, 4.69) is 20.7 Å². The molecule has 1 atom stereocenters. The highest BCUT2D eigenvalue weighted by Gasteiger charge is 2.39. The zero-order valence-corrected chi connectivity index (χ0v) is 25.2. The highest BCUT2D eigenvalue weighted by molar-refractivity contribution is 6.05. The van der Waals surface area contributed by atoms with E-state index in [1.807, 2.05) is 0 Å². The summed E-state index contributed by atoms with van der Waals surface area (Å²) in [7, 11) is 0. The molecule has 3 rings (SSSR count). The molecule has 0 radical (unpaired) electrons. The van der Waals surface area contributed by atoms with Crippen molar-refractivity contribution < 1.29 is 42.9 Å². The third-order valence-corrected chi connectivity index (χ3v) is 6.44. The first-order valence-electron chi connectivity index (χ1n) is 14.3. The monoisotopic (exact) mass is 617 g/mol. The van der Waals surface area contributed by atoms with Crippen molar-refractivity contribution in [2.75, 3.05) is 64.6 Å². The maximum absolute atomic E-state index is 12.9. The second-order valence-electron chi connectivity index (χ2n) is 11.0. The molecule has 1 unspecified atom stereocenters. The molecule has 16 heteroatoms. The van der Waals surface area contributed by atoms with Gasteiger partial charge in [-0.25, -0.2) is 4.79 Å². The molecule has 1 fully saturated rings. The van der Waals surface area contributed by atoms with Crippen LogP contribution in [0.1, 0.15) is 49.5 Å². The van der Waals surface area contributed by atoms with Gasteiger partial charge in [0, 0.05) is 42.2 Å². The molecule has 16 nitrogen and oxygen atoms in total. The number of piperidine rings is 1. The van der Waals surface area contributed by atoms with Crippen LogP contribution in [0, 0.1) is 0 Å². The highest BCUT2D eigenvalue weighted by atomic mass is 16.6. The minimum atomic E-state index is -0.773. The predicted molar refractivity (Wildman–Crippen MR) is 155 cm³/mol. The molecule has 240 valence electrons. The van der Waals surface area contributed by atoms with Crippen LogP contribution in [0.3, 0.4) is 0 Å². The zero-order valence-electron chi connectivity index (χ0n) is 25.2. The maximum Gasteiger partial charge on any atom is 0.410 e. The van der Waals surface area contributed by atoms with Gasteiger partial charge in [-0.3, -0.25) is 29.4 Å². The van der Waals surface area contributed by atoms with Gasteiger partial charge < -0.3 is 29.2 Å². The van der Waals surface area contributed by atoms with E-state index in [9.17, 15) is 24.0 Å². The zero-order chi connectivity index (χ0) is 32.1. The number of benzene rings is 1. The Bertz CT molecular complexity index is 1260. The number of hydrogen-bond acceptors (Lipinski definition) is 10. The number of fused-ring (bicyclic) bond motifs is 1. The summed E-state index contributed by atoms with van der Waals surface area (Å²) < 4.78 is 21.6. The number of ether oxygens (including phenoxy) is 4. The summed E-state index contributed by atoms with van der Waals surface area (Å²) in [6.07, 6.45) is -0.269. The molecule has 5 amide bonds. The van der Waals surface area contributed by atoms with Gasteiger partial charge in [-0.15, -0.1) is 0 Å². The quantitative estimate of drug-likeness (QED) is 0.0914. The van der Waals surface area contributed by atoms with Gasteiger partial charge in [0.05, 0.1) is 39.6 Å². The largest absolute Gasteiger partial charge is 0.444 e. The van der Waals surface area contributed by atoms with Gasteiger partial charge in [0.1, 0.15) is 18.2 Å². The summed E-state index contributed by atoms with van der Waals surface area (Å²) in [6.45, 7) is 7.07. The maximum atomic E-state index is 12.9. The van der Waals surface area contributed by atoms with Gasteiger partial charge >= 0.3 is 6.09 Å². The fourth-order valence-electron chi connectivity index (χ4n) is 4.45. The first-order chi connectivity index (χ1) is 21.0. The van der Waals surface area contributed by atoms with Crippen LogP contribution in [0.4, 0.5) is 10.5 Å². The van der Waals surface area contributed by atoms with E-state index < -0.39 is 29.6 Å². The van der Waals surface area contributed by atoms with Crippen molar-refractivity contribution in [1.29, 1.82) is 0 Å². The Morgan fingerprint density at radius 2 is 1.77 bits per heavy atom. The summed E-state index contributed by atoms with van der Waals surface area (Å²) in [5.74, 6) is -1.66. The molecule has 0 aromatic heterocycles. The predicted octanol–water partition coefficient (Wildman–Crippen LogP) is 1.98. The number of carbonyl (C=O) groups is 5. The van der Waals surface area contributed by atoms with Crippen LogP contribution < -0.4 is 10.6 Å². The minimum absolute atomic E-state index is 0.0878. The second-order valence-corrected chi connectivity index (χ2v) is 11.0. The molecule has 0 spiro atoms. The van der Waals surface area contributed by atoms with Crippen LogP contribution in [0.2, 0.25) is 0 Å². The van der Waals surface area contributed by atoms with Crippen LogP contribution in [-0.4, -0.2) is 110 Å². The number of amides is 5. The molecule has 0 bridgehead atoms. The number of carbonyl (C=O) groups excluding carboxylic acids is 5. The van der Waals surface area contributed by atoms with E-state index in [1.54, 1.807) is 39.0 Å². The van der Waals surface area contributed by atoms with Crippen LogP contribution in [-0.2, 0) is 39.9 Å². The van der Waals surface area contributed by atoms with Crippen LogP contribution in [0.25, 0.3) is 10.4 Å². The summed E-state index contributed by atoms with van der Waals surface area (Å²) in [5, 5.41) is 8.38. The Kier molecular flexibility index (Phi) is 12.9. The van der Waals surface area contributed by atoms with Gasteiger partial charge in [0.2, 0.25) is 17.7 Å². The molecule has 0 saturated carbocycles. The standard InChI is InChI=1S/C28H39N7O9/c1-28(2,3)44-27(40)34(9-11-42-13-15-43-14-12-41-10-8-30-33-29)18-24(37)31-20-4-5-21-19(16-20)17-35(26(21)39)22-6-7-23(36)32-25(22)38/h4-5,16,22H,6-15,17-18H2,1-3H3,(H,31,37)(H,32,36,38). The van der Waals surface area contributed by atoms with Crippen LogP contribution in [0.5, 0.6) is 0 Å². The van der Waals surface area contributed by atoms with E-state index >= 15 is 0 Å². The molecular weight excluding hydrogens is 578 g/mol. The smallest absolute Gasteiger partial charge is 0.410 e. The molecule has 2 aliphatic rings. The topological polar surface area (TPSA) is 202 Å². The minimum Gasteiger partial charge on any atom is -0.444 e. The average molecular weight is 618 g/mol. The molecule has 0 aliphatic carbocycles. The number of azide groups is 1. The third-order valence-electron chi connectivity index (χ3n) is 6.44. The molecule has 2 heterocycles. The lowest BCUT2D eigenvalue weighted by Gasteiger charge is -2.29. The lowest BCUT2D eigenvalue weighted by Crippen LogP contribution is -2.52.